The fraction of sp³-hybridized carbons (Fsp3) is 0.200. The molecule has 1 aliphatic rings. The van der Waals surface area contributed by atoms with Crippen molar-refractivity contribution < 1.29 is 23.4 Å². The first-order valence-electron chi connectivity index (χ1n) is 8.55. The molecule has 144 valence electrons. The van der Waals surface area contributed by atoms with Crippen LogP contribution in [0.3, 0.4) is 0 Å². The van der Waals surface area contributed by atoms with Gasteiger partial charge in [0.25, 0.3) is 5.91 Å². The number of hydrogen-bond acceptors (Lipinski definition) is 6. The van der Waals surface area contributed by atoms with Gasteiger partial charge in [-0.25, -0.2) is 9.37 Å². The van der Waals surface area contributed by atoms with Crippen molar-refractivity contribution in [1.82, 2.24) is 9.88 Å². The molecule has 0 saturated carbocycles. The van der Waals surface area contributed by atoms with Gasteiger partial charge in [-0.2, -0.15) is 0 Å². The molecule has 1 aliphatic heterocycles. The number of ether oxygens (including phenoxy) is 3. The molecule has 1 aromatic heterocycles. The Morgan fingerprint density at radius 1 is 1.21 bits per heavy atom. The van der Waals surface area contributed by atoms with Crippen LogP contribution in [0.1, 0.15) is 21.1 Å². The van der Waals surface area contributed by atoms with E-state index in [1.165, 1.54) is 23.5 Å². The smallest absolute Gasteiger partial charge is 0.254 e. The van der Waals surface area contributed by atoms with Gasteiger partial charge in [0, 0.05) is 18.0 Å². The number of carbonyl (C=O) groups excluding carboxylic acids is 1. The molecule has 3 aromatic rings. The Morgan fingerprint density at radius 2 is 2.00 bits per heavy atom. The standard InChI is InChI=1S/C20H17FN2O4S/c1-23(20(24)13-2-7-17-18(8-13)27-12-26-17)9-15-11-28-19(22-15)10-25-16-5-3-14(21)4-6-16/h2-8,11H,9-10,12H2,1H3. The number of thiazole rings is 1. The summed E-state index contributed by atoms with van der Waals surface area (Å²) in [5, 5.41) is 2.68. The van der Waals surface area contributed by atoms with Crippen LogP contribution in [0, 0.1) is 5.82 Å². The Kier molecular flexibility index (Phi) is 5.12. The molecule has 6 nitrogen and oxygen atoms in total. The van der Waals surface area contributed by atoms with E-state index in [4.69, 9.17) is 14.2 Å². The zero-order valence-corrected chi connectivity index (χ0v) is 15.9. The van der Waals surface area contributed by atoms with Gasteiger partial charge in [0.15, 0.2) is 11.5 Å². The van der Waals surface area contributed by atoms with Crippen LogP contribution in [0.25, 0.3) is 0 Å². The molecule has 4 rings (SSSR count). The maximum atomic E-state index is 12.9. The summed E-state index contributed by atoms with van der Waals surface area (Å²) in [6.07, 6.45) is 0. The summed E-state index contributed by atoms with van der Waals surface area (Å²) in [5.41, 5.74) is 1.31. The lowest BCUT2D eigenvalue weighted by atomic mass is 10.2. The average molecular weight is 400 g/mol. The third-order valence-corrected chi connectivity index (χ3v) is 5.01. The number of rotatable bonds is 6. The van der Waals surface area contributed by atoms with E-state index in [0.717, 1.165) is 10.7 Å². The van der Waals surface area contributed by atoms with E-state index in [1.807, 2.05) is 5.38 Å². The molecule has 0 N–H and O–H groups in total. The average Bonchev–Trinajstić information content (AvgIpc) is 3.35. The largest absolute Gasteiger partial charge is 0.486 e. The van der Waals surface area contributed by atoms with E-state index >= 15 is 0 Å². The third-order valence-electron chi connectivity index (χ3n) is 4.14. The van der Waals surface area contributed by atoms with Crippen LogP contribution in [-0.2, 0) is 13.2 Å². The summed E-state index contributed by atoms with van der Waals surface area (Å²) in [7, 11) is 1.72. The molecule has 0 unspecified atom stereocenters. The predicted molar refractivity (Wildman–Crippen MR) is 101 cm³/mol. The molecule has 1 amide bonds. The normalized spacial score (nSPS) is 12.1. The summed E-state index contributed by atoms with van der Waals surface area (Å²) >= 11 is 1.45. The highest BCUT2D eigenvalue weighted by atomic mass is 32.1. The minimum atomic E-state index is -0.306. The second kappa shape index (κ2) is 7.85. The molecule has 8 heteroatoms. The third kappa shape index (κ3) is 4.07. The first-order valence-corrected chi connectivity index (χ1v) is 9.43. The number of fused-ring (bicyclic) bond motifs is 1. The number of hydrogen-bond donors (Lipinski definition) is 0. The van der Waals surface area contributed by atoms with Crippen LogP contribution in [0.4, 0.5) is 4.39 Å². The van der Waals surface area contributed by atoms with Crippen LogP contribution in [0.15, 0.2) is 47.8 Å². The quantitative estimate of drug-likeness (QED) is 0.629. The van der Waals surface area contributed by atoms with Crippen molar-refractivity contribution >= 4 is 17.2 Å². The fourth-order valence-corrected chi connectivity index (χ4v) is 3.42. The van der Waals surface area contributed by atoms with Gasteiger partial charge in [0.1, 0.15) is 23.2 Å². The SMILES string of the molecule is CN(Cc1csc(COc2ccc(F)cc2)n1)C(=O)c1ccc2c(c1)OCO2. The highest BCUT2D eigenvalue weighted by Gasteiger charge is 2.19. The van der Waals surface area contributed by atoms with Gasteiger partial charge >= 0.3 is 0 Å². The van der Waals surface area contributed by atoms with E-state index in [1.54, 1.807) is 42.3 Å². The summed E-state index contributed by atoms with van der Waals surface area (Å²) in [4.78, 5) is 18.7. The van der Waals surface area contributed by atoms with Gasteiger partial charge < -0.3 is 19.1 Å². The lowest BCUT2D eigenvalue weighted by Gasteiger charge is -2.16. The summed E-state index contributed by atoms with van der Waals surface area (Å²) < 4.78 is 29.1. The Hall–Kier alpha value is -3.13. The van der Waals surface area contributed by atoms with Gasteiger partial charge in [-0.3, -0.25) is 4.79 Å². The number of halogens is 1. The monoisotopic (exact) mass is 400 g/mol. The van der Waals surface area contributed by atoms with Crippen LogP contribution in [0.5, 0.6) is 17.2 Å². The number of aromatic nitrogens is 1. The zero-order chi connectivity index (χ0) is 19.5. The van der Waals surface area contributed by atoms with Gasteiger partial charge in [-0.15, -0.1) is 11.3 Å². The topological polar surface area (TPSA) is 60.9 Å². The molecule has 0 radical (unpaired) electrons. The van der Waals surface area contributed by atoms with Crippen LogP contribution >= 0.6 is 11.3 Å². The van der Waals surface area contributed by atoms with E-state index in [-0.39, 0.29) is 25.1 Å². The summed E-state index contributed by atoms with van der Waals surface area (Å²) in [5.74, 6) is 1.36. The van der Waals surface area contributed by atoms with E-state index in [9.17, 15) is 9.18 Å². The fourth-order valence-electron chi connectivity index (χ4n) is 2.73. The molecule has 0 spiro atoms. The molecule has 28 heavy (non-hydrogen) atoms. The molecular formula is C20H17FN2O4S. The lowest BCUT2D eigenvalue weighted by Crippen LogP contribution is -2.26. The van der Waals surface area contributed by atoms with Crippen molar-refractivity contribution in [1.29, 1.82) is 0 Å². The van der Waals surface area contributed by atoms with Crippen LogP contribution in [0.2, 0.25) is 0 Å². The van der Waals surface area contributed by atoms with Gasteiger partial charge in [-0.1, -0.05) is 0 Å². The van der Waals surface area contributed by atoms with Gasteiger partial charge in [-0.05, 0) is 42.5 Å². The molecule has 0 fully saturated rings. The van der Waals surface area contributed by atoms with Gasteiger partial charge in [0.2, 0.25) is 6.79 Å². The van der Waals surface area contributed by atoms with Crippen LogP contribution in [-0.4, -0.2) is 29.6 Å². The Morgan fingerprint density at radius 3 is 2.82 bits per heavy atom. The Labute approximate surface area is 165 Å². The van der Waals surface area contributed by atoms with Crippen molar-refractivity contribution in [3.8, 4) is 17.2 Å². The predicted octanol–water partition coefficient (Wildman–Crippen LogP) is 3.86. The molecule has 0 aliphatic carbocycles. The van der Waals surface area contributed by atoms with Crippen molar-refractivity contribution in [2.24, 2.45) is 0 Å². The molecule has 2 heterocycles. The highest BCUT2D eigenvalue weighted by molar-refractivity contribution is 7.09. The molecule has 0 saturated heterocycles. The van der Waals surface area contributed by atoms with Crippen molar-refractivity contribution in [3.05, 3.63) is 69.9 Å². The van der Waals surface area contributed by atoms with Crippen molar-refractivity contribution in [2.45, 2.75) is 13.2 Å². The van der Waals surface area contributed by atoms with Crippen molar-refractivity contribution in [2.75, 3.05) is 13.8 Å². The first kappa shape index (κ1) is 18.2. The maximum absolute atomic E-state index is 12.9. The zero-order valence-electron chi connectivity index (χ0n) is 15.1. The highest BCUT2D eigenvalue weighted by Crippen LogP contribution is 2.32. The number of amides is 1. The molecule has 2 aromatic carbocycles. The van der Waals surface area contributed by atoms with E-state index in [2.05, 4.69) is 4.98 Å². The second-order valence-electron chi connectivity index (χ2n) is 6.20. The summed E-state index contributed by atoms with van der Waals surface area (Å²) in [6.45, 7) is 0.834. The second-order valence-corrected chi connectivity index (χ2v) is 7.15. The van der Waals surface area contributed by atoms with E-state index in [0.29, 0.717) is 29.4 Å². The van der Waals surface area contributed by atoms with Gasteiger partial charge in [0.05, 0.1) is 12.2 Å². The van der Waals surface area contributed by atoms with Crippen LogP contribution < -0.4 is 14.2 Å². The number of benzene rings is 2. The molecule has 0 bridgehead atoms. The molecular weight excluding hydrogens is 383 g/mol. The maximum Gasteiger partial charge on any atom is 0.254 e. The number of carbonyl (C=O) groups is 1. The Balaban J connectivity index is 1.35. The number of nitrogens with zero attached hydrogens (tertiary/aromatic N) is 2. The lowest BCUT2D eigenvalue weighted by molar-refractivity contribution is 0.0783. The summed E-state index contributed by atoms with van der Waals surface area (Å²) in [6, 6.07) is 11.0. The minimum absolute atomic E-state index is 0.129. The minimum Gasteiger partial charge on any atom is -0.486 e. The first-order chi connectivity index (χ1) is 13.6. The van der Waals surface area contributed by atoms with Crippen molar-refractivity contribution in [3.63, 3.8) is 0 Å². The molecule has 0 atom stereocenters. The van der Waals surface area contributed by atoms with E-state index < -0.39 is 0 Å². The Bertz CT molecular complexity index is 990.